The van der Waals surface area contributed by atoms with Crippen LogP contribution < -0.4 is 5.32 Å². The molecular weight excluding hydrogens is 238 g/mol. The monoisotopic (exact) mass is 259 g/mol. The molecule has 1 unspecified atom stereocenters. The number of ether oxygens (including phenoxy) is 2. The van der Waals surface area contributed by atoms with Crippen molar-refractivity contribution in [3.63, 3.8) is 0 Å². The summed E-state index contributed by atoms with van der Waals surface area (Å²) in [6, 6.07) is 11.0. The zero-order valence-electron chi connectivity index (χ0n) is 11.2. The molecule has 2 saturated heterocycles. The summed E-state index contributed by atoms with van der Waals surface area (Å²) < 4.78 is 11.0. The molecule has 0 bridgehead atoms. The molecule has 19 heavy (non-hydrogen) atoms. The van der Waals surface area contributed by atoms with Gasteiger partial charge in [0.1, 0.15) is 0 Å². The summed E-state index contributed by atoms with van der Waals surface area (Å²) in [4.78, 5) is 0. The van der Waals surface area contributed by atoms with E-state index in [4.69, 9.17) is 9.47 Å². The van der Waals surface area contributed by atoms with Crippen LogP contribution in [-0.4, -0.2) is 32.1 Å². The molecule has 2 fully saturated rings. The van der Waals surface area contributed by atoms with Gasteiger partial charge in [-0.2, -0.15) is 0 Å². The first-order valence-corrected chi connectivity index (χ1v) is 7.14. The number of nitrogens with one attached hydrogen (secondary N) is 1. The summed E-state index contributed by atoms with van der Waals surface area (Å²) in [5.74, 6) is 0. The Bertz CT molecular complexity index is 424. The average molecular weight is 259 g/mol. The first kappa shape index (κ1) is 12.9. The van der Waals surface area contributed by atoms with E-state index in [1.165, 1.54) is 11.1 Å². The average Bonchev–Trinajstić information content (AvgIpc) is 3.09. The van der Waals surface area contributed by atoms with Crippen molar-refractivity contribution in [2.75, 3.05) is 19.8 Å². The largest absolute Gasteiger partial charge is 0.350 e. The van der Waals surface area contributed by atoms with E-state index in [0.717, 1.165) is 39.0 Å². The molecule has 0 amide bonds. The molecule has 0 aromatic heterocycles. The number of rotatable bonds is 4. The predicted molar refractivity (Wildman–Crippen MR) is 75.8 cm³/mol. The van der Waals surface area contributed by atoms with E-state index in [-0.39, 0.29) is 6.29 Å². The van der Waals surface area contributed by atoms with Crippen molar-refractivity contribution in [1.29, 1.82) is 0 Å². The smallest absolute Gasteiger partial charge is 0.157 e. The van der Waals surface area contributed by atoms with Crippen molar-refractivity contribution in [2.45, 2.75) is 31.6 Å². The van der Waals surface area contributed by atoms with E-state index < -0.39 is 0 Å². The van der Waals surface area contributed by atoms with Gasteiger partial charge in [0.15, 0.2) is 6.29 Å². The Morgan fingerprint density at radius 3 is 2.68 bits per heavy atom. The van der Waals surface area contributed by atoms with Crippen LogP contribution in [0.25, 0.3) is 6.08 Å². The summed E-state index contributed by atoms with van der Waals surface area (Å²) in [6.07, 6.45) is 5.54. The first-order valence-electron chi connectivity index (χ1n) is 7.14. The van der Waals surface area contributed by atoms with Crippen molar-refractivity contribution in [2.24, 2.45) is 0 Å². The second-order valence-electron chi connectivity index (χ2n) is 5.14. The van der Waals surface area contributed by atoms with Gasteiger partial charge in [-0.1, -0.05) is 42.0 Å². The van der Waals surface area contributed by atoms with E-state index in [0.29, 0.717) is 6.04 Å². The molecule has 1 aromatic carbocycles. The normalized spacial score (nSPS) is 26.3. The second-order valence-corrected chi connectivity index (χ2v) is 5.14. The minimum Gasteiger partial charge on any atom is -0.350 e. The number of benzene rings is 1. The predicted octanol–water partition coefficient (Wildman–Crippen LogP) is 2.59. The maximum Gasteiger partial charge on any atom is 0.157 e. The van der Waals surface area contributed by atoms with Crippen LogP contribution in [0.3, 0.4) is 0 Å². The Morgan fingerprint density at radius 2 is 1.89 bits per heavy atom. The molecule has 2 heterocycles. The third-order valence-corrected chi connectivity index (χ3v) is 3.79. The van der Waals surface area contributed by atoms with E-state index in [9.17, 15) is 0 Å². The molecule has 102 valence electrons. The highest BCUT2D eigenvalue weighted by molar-refractivity contribution is 5.54. The van der Waals surface area contributed by atoms with Crippen molar-refractivity contribution in [3.05, 3.63) is 41.5 Å². The quantitative estimate of drug-likeness (QED) is 0.901. The van der Waals surface area contributed by atoms with Gasteiger partial charge in [-0.25, -0.2) is 0 Å². The summed E-state index contributed by atoms with van der Waals surface area (Å²) in [7, 11) is 0. The molecule has 3 nitrogen and oxygen atoms in total. The third kappa shape index (κ3) is 3.44. The second kappa shape index (κ2) is 6.33. The Labute approximate surface area is 114 Å². The fourth-order valence-electron chi connectivity index (χ4n) is 2.80. The maximum atomic E-state index is 5.50. The molecule has 1 N–H and O–H groups in total. The Hall–Kier alpha value is -1.16. The maximum absolute atomic E-state index is 5.50. The zero-order chi connectivity index (χ0) is 12.9. The highest BCUT2D eigenvalue weighted by Crippen LogP contribution is 2.23. The van der Waals surface area contributed by atoms with Crippen LogP contribution in [0.1, 0.15) is 24.8 Å². The van der Waals surface area contributed by atoms with Crippen LogP contribution in [0.2, 0.25) is 0 Å². The molecule has 3 rings (SSSR count). The lowest BCUT2D eigenvalue weighted by Crippen LogP contribution is -2.24. The van der Waals surface area contributed by atoms with Gasteiger partial charge < -0.3 is 14.8 Å². The van der Waals surface area contributed by atoms with Crippen molar-refractivity contribution < 1.29 is 9.47 Å². The minimum absolute atomic E-state index is 0.0142. The highest BCUT2D eigenvalue weighted by atomic mass is 16.7. The van der Waals surface area contributed by atoms with Crippen molar-refractivity contribution in [1.82, 2.24) is 5.32 Å². The van der Waals surface area contributed by atoms with Gasteiger partial charge in [0.05, 0.1) is 13.2 Å². The fourth-order valence-corrected chi connectivity index (χ4v) is 2.80. The molecule has 2 aliphatic rings. The zero-order valence-corrected chi connectivity index (χ0v) is 11.2. The van der Waals surface area contributed by atoms with Crippen LogP contribution in [0.4, 0.5) is 0 Å². The van der Waals surface area contributed by atoms with Crippen molar-refractivity contribution in [3.8, 4) is 0 Å². The van der Waals surface area contributed by atoms with Crippen LogP contribution in [0.5, 0.6) is 0 Å². The van der Waals surface area contributed by atoms with E-state index in [1.807, 2.05) is 0 Å². The molecule has 3 heteroatoms. The number of hydrogen-bond donors (Lipinski definition) is 1. The standard InChI is InChI=1S/C16H21NO2/c1-2-4-13(5-3-1)12-14-8-9-17-15(14)6-7-16-18-10-11-19-16/h1-5,12,15-17H,6-11H2/b14-12-. The fraction of sp³-hybridized carbons (Fsp3) is 0.500. The van der Waals surface area contributed by atoms with Crippen molar-refractivity contribution >= 4 is 6.08 Å². The lowest BCUT2D eigenvalue weighted by Gasteiger charge is -2.15. The Balaban J connectivity index is 1.59. The summed E-state index contributed by atoms with van der Waals surface area (Å²) >= 11 is 0. The minimum atomic E-state index is 0.0142. The summed E-state index contributed by atoms with van der Waals surface area (Å²) in [5, 5.41) is 3.57. The van der Waals surface area contributed by atoms with Crippen LogP contribution in [0, 0.1) is 0 Å². The summed E-state index contributed by atoms with van der Waals surface area (Å²) in [5.41, 5.74) is 2.80. The van der Waals surface area contributed by atoms with E-state index in [1.54, 1.807) is 0 Å². The van der Waals surface area contributed by atoms with Crippen LogP contribution in [-0.2, 0) is 9.47 Å². The molecule has 0 spiro atoms. The summed E-state index contributed by atoms with van der Waals surface area (Å²) in [6.45, 7) is 2.57. The topological polar surface area (TPSA) is 30.5 Å². The van der Waals surface area contributed by atoms with Crippen LogP contribution in [0.15, 0.2) is 35.9 Å². The van der Waals surface area contributed by atoms with Gasteiger partial charge in [0.2, 0.25) is 0 Å². The number of hydrogen-bond acceptors (Lipinski definition) is 3. The van der Waals surface area contributed by atoms with Gasteiger partial charge in [-0.15, -0.1) is 0 Å². The van der Waals surface area contributed by atoms with Gasteiger partial charge in [-0.05, 0) is 24.9 Å². The lowest BCUT2D eigenvalue weighted by molar-refractivity contribution is -0.0484. The third-order valence-electron chi connectivity index (χ3n) is 3.79. The lowest BCUT2D eigenvalue weighted by atomic mass is 10.0. The SMILES string of the molecule is C(=C1\CCNC1CCC1OCCO1)/c1ccccc1. The molecule has 0 radical (unpaired) electrons. The molecule has 0 saturated carbocycles. The van der Waals surface area contributed by atoms with Crippen LogP contribution >= 0.6 is 0 Å². The van der Waals surface area contributed by atoms with Gasteiger partial charge >= 0.3 is 0 Å². The Kier molecular flexibility index (Phi) is 4.28. The van der Waals surface area contributed by atoms with Gasteiger partial charge in [0, 0.05) is 12.5 Å². The van der Waals surface area contributed by atoms with E-state index >= 15 is 0 Å². The molecular formula is C16H21NO2. The molecule has 1 aromatic rings. The molecule has 2 aliphatic heterocycles. The highest BCUT2D eigenvalue weighted by Gasteiger charge is 2.23. The molecule has 0 aliphatic carbocycles. The first-order chi connectivity index (χ1) is 9.42. The van der Waals surface area contributed by atoms with Gasteiger partial charge in [0.25, 0.3) is 0 Å². The van der Waals surface area contributed by atoms with E-state index in [2.05, 4.69) is 41.7 Å². The van der Waals surface area contributed by atoms with Gasteiger partial charge in [-0.3, -0.25) is 0 Å². The molecule has 1 atom stereocenters. The Morgan fingerprint density at radius 1 is 1.11 bits per heavy atom.